The molecule has 2 aromatic heterocycles. The lowest BCUT2D eigenvalue weighted by Crippen LogP contribution is -2.36. The normalized spacial score (nSPS) is 14.6. The second-order valence-electron chi connectivity index (χ2n) is 8.22. The summed E-state index contributed by atoms with van der Waals surface area (Å²) in [4.78, 5) is 27.3. The number of amides is 2. The van der Waals surface area contributed by atoms with Crippen LogP contribution >= 0.6 is 0 Å². The van der Waals surface area contributed by atoms with Gasteiger partial charge in [-0.25, -0.2) is 9.59 Å². The maximum absolute atomic E-state index is 13.1. The minimum Gasteiger partial charge on any atom is -0.465 e. The highest BCUT2D eigenvalue weighted by atomic mass is 16.5. The summed E-state index contributed by atoms with van der Waals surface area (Å²) in [6, 6.07) is 10.2. The van der Waals surface area contributed by atoms with Crippen molar-refractivity contribution in [1.29, 1.82) is 0 Å². The van der Waals surface area contributed by atoms with Gasteiger partial charge in [0.2, 0.25) is 0 Å². The van der Waals surface area contributed by atoms with Crippen molar-refractivity contribution < 1.29 is 14.3 Å². The van der Waals surface area contributed by atoms with E-state index in [-0.39, 0.29) is 18.0 Å². The summed E-state index contributed by atoms with van der Waals surface area (Å²) in [6.45, 7) is 5.85. The maximum atomic E-state index is 13.1. The van der Waals surface area contributed by atoms with Crippen LogP contribution < -0.4 is 15.5 Å². The minimum atomic E-state index is -0.448. The van der Waals surface area contributed by atoms with Crippen LogP contribution in [-0.4, -0.2) is 46.8 Å². The second kappa shape index (κ2) is 9.25. The number of hydrogen-bond donors (Lipinski definition) is 2. The second-order valence-corrected chi connectivity index (χ2v) is 8.22. The van der Waals surface area contributed by atoms with Crippen LogP contribution in [0.5, 0.6) is 0 Å². The fourth-order valence-corrected chi connectivity index (χ4v) is 4.02. The van der Waals surface area contributed by atoms with E-state index in [0.29, 0.717) is 17.1 Å². The summed E-state index contributed by atoms with van der Waals surface area (Å²) in [6.07, 6.45) is 4.07. The van der Waals surface area contributed by atoms with Crippen LogP contribution in [0.3, 0.4) is 0 Å². The monoisotopic (exact) mass is 436 g/mol. The van der Waals surface area contributed by atoms with E-state index >= 15 is 0 Å². The molecule has 4 rings (SSSR count). The minimum absolute atomic E-state index is 0.0767. The highest BCUT2D eigenvalue weighted by Gasteiger charge is 2.25. The first-order chi connectivity index (χ1) is 15.5. The number of nitrogens with zero attached hydrogens (tertiary/aromatic N) is 4. The zero-order valence-electron chi connectivity index (χ0n) is 18.5. The largest absolute Gasteiger partial charge is 0.465 e. The number of urea groups is 1. The molecule has 1 aromatic carbocycles. The SMILES string of the molecule is COC(=O)c1ccc(N2CCCC2)c(NC(=O)NC(c2nnc3ccccn23)C(C)C)c1. The van der Waals surface area contributed by atoms with Crippen molar-refractivity contribution in [2.24, 2.45) is 5.92 Å². The first-order valence-electron chi connectivity index (χ1n) is 10.8. The van der Waals surface area contributed by atoms with Crippen LogP contribution in [0.4, 0.5) is 16.2 Å². The van der Waals surface area contributed by atoms with Gasteiger partial charge in [-0.05, 0) is 49.1 Å². The van der Waals surface area contributed by atoms with Crippen molar-refractivity contribution >= 4 is 29.0 Å². The van der Waals surface area contributed by atoms with Gasteiger partial charge in [0.1, 0.15) is 0 Å². The molecule has 1 atom stereocenters. The summed E-state index contributed by atoms with van der Waals surface area (Å²) in [7, 11) is 1.34. The number of anilines is 2. The molecular weight excluding hydrogens is 408 g/mol. The summed E-state index contributed by atoms with van der Waals surface area (Å²) in [5.74, 6) is 0.290. The third kappa shape index (κ3) is 4.37. The summed E-state index contributed by atoms with van der Waals surface area (Å²) in [5.41, 5.74) is 2.56. The number of fused-ring (bicyclic) bond motifs is 1. The van der Waals surface area contributed by atoms with Crippen LogP contribution in [0.15, 0.2) is 42.6 Å². The number of carbonyl (C=O) groups excluding carboxylic acids is 2. The van der Waals surface area contributed by atoms with Crippen molar-refractivity contribution in [3.8, 4) is 0 Å². The Balaban J connectivity index is 1.59. The first kappa shape index (κ1) is 21.6. The molecule has 0 bridgehead atoms. The lowest BCUT2D eigenvalue weighted by atomic mass is 10.0. The average Bonchev–Trinajstić information content (AvgIpc) is 3.47. The molecule has 168 valence electrons. The third-order valence-corrected chi connectivity index (χ3v) is 5.68. The molecule has 3 aromatic rings. The Morgan fingerprint density at radius 2 is 1.88 bits per heavy atom. The van der Waals surface area contributed by atoms with Crippen LogP contribution in [0.2, 0.25) is 0 Å². The van der Waals surface area contributed by atoms with E-state index in [1.807, 2.05) is 48.7 Å². The molecule has 9 nitrogen and oxygen atoms in total. The summed E-state index contributed by atoms with van der Waals surface area (Å²) < 4.78 is 6.72. The Kier molecular flexibility index (Phi) is 6.25. The average molecular weight is 437 g/mol. The van der Waals surface area contributed by atoms with E-state index in [1.165, 1.54) is 7.11 Å². The molecule has 1 aliphatic heterocycles. The van der Waals surface area contributed by atoms with Gasteiger partial charge in [0, 0.05) is 19.3 Å². The van der Waals surface area contributed by atoms with E-state index in [9.17, 15) is 9.59 Å². The molecule has 0 spiro atoms. The van der Waals surface area contributed by atoms with Gasteiger partial charge < -0.3 is 20.3 Å². The molecule has 1 fully saturated rings. The number of rotatable bonds is 6. The number of esters is 1. The smallest absolute Gasteiger partial charge is 0.337 e. The van der Waals surface area contributed by atoms with Gasteiger partial charge in [0.25, 0.3) is 0 Å². The topological polar surface area (TPSA) is 101 Å². The Morgan fingerprint density at radius 3 is 2.59 bits per heavy atom. The summed E-state index contributed by atoms with van der Waals surface area (Å²) in [5, 5.41) is 14.5. The van der Waals surface area contributed by atoms with E-state index in [2.05, 4.69) is 25.7 Å². The van der Waals surface area contributed by atoms with Crippen molar-refractivity contribution in [2.45, 2.75) is 32.7 Å². The van der Waals surface area contributed by atoms with Crippen molar-refractivity contribution in [2.75, 3.05) is 30.4 Å². The Labute approximate surface area is 186 Å². The molecule has 9 heteroatoms. The maximum Gasteiger partial charge on any atom is 0.337 e. The van der Waals surface area contributed by atoms with Gasteiger partial charge in [-0.15, -0.1) is 10.2 Å². The van der Waals surface area contributed by atoms with Crippen LogP contribution in [0.25, 0.3) is 5.65 Å². The van der Waals surface area contributed by atoms with Gasteiger partial charge in [-0.1, -0.05) is 19.9 Å². The molecule has 1 aliphatic rings. The fraction of sp³-hybridized carbons (Fsp3) is 0.391. The summed E-state index contributed by atoms with van der Waals surface area (Å²) >= 11 is 0. The lowest BCUT2D eigenvalue weighted by molar-refractivity contribution is 0.0600. The highest BCUT2D eigenvalue weighted by Crippen LogP contribution is 2.31. The van der Waals surface area contributed by atoms with E-state index in [1.54, 1.807) is 12.1 Å². The molecular formula is C23H28N6O3. The number of ether oxygens (including phenoxy) is 1. The van der Waals surface area contributed by atoms with Gasteiger partial charge in [0.15, 0.2) is 11.5 Å². The predicted octanol–water partition coefficient (Wildman–Crippen LogP) is 3.63. The molecule has 1 unspecified atom stereocenters. The van der Waals surface area contributed by atoms with E-state index in [4.69, 9.17) is 4.74 Å². The molecule has 0 aliphatic carbocycles. The number of nitrogens with one attached hydrogen (secondary N) is 2. The predicted molar refractivity (Wildman–Crippen MR) is 122 cm³/mol. The number of benzene rings is 1. The molecule has 3 heterocycles. The van der Waals surface area contributed by atoms with Crippen LogP contribution in [-0.2, 0) is 4.74 Å². The molecule has 2 amide bonds. The number of hydrogen-bond acceptors (Lipinski definition) is 6. The first-order valence-corrected chi connectivity index (χ1v) is 10.8. The van der Waals surface area contributed by atoms with Gasteiger partial charge in [-0.2, -0.15) is 0 Å². The fourth-order valence-electron chi connectivity index (χ4n) is 4.02. The van der Waals surface area contributed by atoms with Crippen molar-refractivity contribution in [3.63, 3.8) is 0 Å². The number of pyridine rings is 1. The highest BCUT2D eigenvalue weighted by molar-refractivity contribution is 5.97. The van der Waals surface area contributed by atoms with Crippen molar-refractivity contribution in [1.82, 2.24) is 19.9 Å². The molecule has 1 saturated heterocycles. The van der Waals surface area contributed by atoms with Gasteiger partial charge >= 0.3 is 12.0 Å². The van der Waals surface area contributed by atoms with Crippen LogP contribution in [0, 0.1) is 5.92 Å². The molecule has 0 radical (unpaired) electrons. The number of carbonyl (C=O) groups is 2. The standard InChI is InChI=1S/C23H28N6O3/c1-15(2)20(21-27-26-19-8-4-5-13-29(19)21)25-23(31)24-17-14-16(22(30)32-3)9-10-18(17)28-11-6-7-12-28/h4-5,8-10,13-15,20H,6-7,11-12H2,1-3H3,(H2,24,25,31). The number of aromatic nitrogens is 3. The lowest BCUT2D eigenvalue weighted by Gasteiger charge is -2.24. The van der Waals surface area contributed by atoms with Gasteiger partial charge in [-0.3, -0.25) is 4.40 Å². The zero-order valence-corrected chi connectivity index (χ0v) is 18.5. The Hall–Kier alpha value is -3.62. The Bertz CT molecular complexity index is 1120. The molecule has 32 heavy (non-hydrogen) atoms. The molecule has 2 N–H and O–H groups in total. The van der Waals surface area contributed by atoms with Gasteiger partial charge in [0.05, 0.1) is 30.1 Å². The Morgan fingerprint density at radius 1 is 1.09 bits per heavy atom. The van der Waals surface area contributed by atoms with Crippen LogP contribution in [0.1, 0.15) is 48.9 Å². The third-order valence-electron chi connectivity index (χ3n) is 5.68. The number of methoxy groups -OCH3 is 1. The van der Waals surface area contributed by atoms with E-state index in [0.717, 1.165) is 37.3 Å². The zero-order chi connectivity index (χ0) is 22.7. The van der Waals surface area contributed by atoms with E-state index < -0.39 is 5.97 Å². The molecule has 0 saturated carbocycles. The van der Waals surface area contributed by atoms with Crippen molar-refractivity contribution in [3.05, 3.63) is 54.0 Å². The quantitative estimate of drug-likeness (QED) is 0.572.